The number of aliphatic hydroxyl groups is 1. The standard InChI is InChI=1S/C27H29N3O5.CH4O/c1-3-29(18-19-35-27(32)17-16-26(31)28-2)22-13-9-20(10-14-22)8-11-21-12-15-25(30(33)34)24-7-5-4-6-23(21)24;1-2/h4-15H,3,16-19H2,1-2H3,(H,28,31);2H,1H3/b11-8+;/i1D;2T. The van der Waals surface area contributed by atoms with E-state index < -0.39 is 5.97 Å². The fraction of sp³-hybridized carbons (Fsp3) is 0.286. The van der Waals surface area contributed by atoms with Crippen LogP contribution in [0.4, 0.5) is 11.4 Å². The first-order valence-electron chi connectivity index (χ1n) is 12.8. The average molecular weight is 511 g/mol. The molecule has 3 rings (SSSR count). The minimum atomic E-state index is -0.427. The van der Waals surface area contributed by atoms with Gasteiger partial charge >= 0.3 is 5.97 Å². The molecule has 0 radical (unpaired) electrons. The quantitative estimate of drug-likeness (QED) is 0.169. The zero-order valence-electron chi connectivity index (χ0n) is 23.0. The molecule has 0 spiro atoms. The predicted octanol–water partition coefficient (Wildman–Crippen LogP) is 4.42. The van der Waals surface area contributed by atoms with Crippen molar-refractivity contribution in [2.45, 2.75) is 19.7 Å². The lowest BCUT2D eigenvalue weighted by atomic mass is 10.0. The second-order valence-corrected chi connectivity index (χ2v) is 7.78. The SMILES string of the molecule is [2H]CCN(CCOC(=O)CCC(=O)NC)c1ccc(/C=C/c2ccc([N+](=O)[O-])c3ccccc23)cc1.[3H]OC. The van der Waals surface area contributed by atoms with Gasteiger partial charge in [0.25, 0.3) is 5.69 Å². The summed E-state index contributed by atoms with van der Waals surface area (Å²) in [5.74, 6) is -0.637. The Balaban J connectivity index is 0.00000170. The van der Waals surface area contributed by atoms with Crippen molar-refractivity contribution in [3.8, 4) is 0 Å². The Bertz CT molecular complexity index is 1270. The van der Waals surface area contributed by atoms with Gasteiger partial charge in [0, 0.05) is 40.2 Å². The van der Waals surface area contributed by atoms with Gasteiger partial charge in [-0.25, -0.2) is 0 Å². The molecule has 0 aliphatic heterocycles. The number of carbonyl (C=O) groups excluding carboxylic acids is 2. The van der Waals surface area contributed by atoms with Gasteiger partial charge in [-0.1, -0.05) is 42.5 Å². The molecular weight excluding hydrogens is 474 g/mol. The summed E-state index contributed by atoms with van der Waals surface area (Å²) in [7, 11) is 2.81. The van der Waals surface area contributed by atoms with Crippen LogP contribution in [0, 0.1) is 10.1 Å². The first kappa shape index (κ1) is 25.8. The molecule has 0 fully saturated rings. The smallest absolute Gasteiger partial charge is 0.306 e. The van der Waals surface area contributed by atoms with Crippen LogP contribution >= 0.6 is 0 Å². The number of anilines is 1. The van der Waals surface area contributed by atoms with Gasteiger partial charge in [-0.05, 0) is 47.7 Å². The summed E-state index contributed by atoms with van der Waals surface area (Å²) in [6.07, 6.45) is 4.00. The van der Waals surface area contributed by atoms with Gasteiger partial charge in [0.15, 0.2) is 0 Å². The minimum absolute atomic E-state index is 0.0309. The molecule has 0 bridgehead atoms. The van der Waals surface area contributed by atoms with Crippen molar-refractivity contribution < 1.29 is 25.7 Å². The molecule has 0 unspecified atom stereocenters. The average Bonchev–Trinajstić information content (AvgIpc) is 2.94. The Hall–Kier alpha value is -4.24. The first-order chi connectivity index (χ1) is 18.8. The van der Waals surface area contributed by atoms with Gasteiger partial charge in [0.2, 0.25) is 7.34 Å². The Morgan fingerprint density at radius 1 is 1.14 bits per heavy atom. The van der Waals surface area contributed by atoms with Crippen molar-refractivity contribution in [3.05, 3.63) is 81.9 Å². The summed E-state index contributed by atoms with van der Waals surface area (Å²) >= 11 is 0. The van der Waals surface area contributed by atoms with E-state index in [1.54, 1.807) is 18.2 Å². The van der Waals surface area contributed by atoms with Gasteiger partial charge < -0.3 is 20.1 Å². The fourth-order valence-corrected chi connectivity index (χ4v) is 3.65. The van der Waals surface area contributed by atoms with Crippen molar-refractivity contribution in [2.24, 2.45) is 0 Å². The number of fused-ring (bicyclic) bond motifs is 1. The lowest BCUT2D eigenvalue weighted by molar-refractivity contribution is -0.383. The van der Waals surface area contributed by atoms with E-state index in [2.05, 4.69) is 10.4 Å². The Morgan fingerprint density at radius 3 is 2.49 bits per heavy atom. The number of esters is 1. The monoisotopic (exact) mass is 510 g/mol. The number of hydrogen-bond donors (Lipinski definition) is 2. The number of rotatable bonds is 11. The molecule has 3 aromatic rings. The van der Waals surface area contributed by atoms with Crippen LogP contribution < -0.4 is 10.2 Å². The van der Waals surface area contributed by atoms with Crippen LogP contribution in [0.3, 0.4) is 0 Å². The van der Waals surface area contributed by atoms with Crippen molar-refractivity contribution >= 4 is 46.2 Å². The van der Waals surface area contributed by atoms with Crippen LogP contribution in [0.15, 0.2) is 60.7 Å². The molecule has 0 saturated heterocycles. The van der Waals surface area contributed by atoms with Crippen LogP contribution in [-0.4, -0.2) is 57.2 Å². The highest BCUT2D eigenvalue weighted by Crippen LogP contribution is 2.29. The highest BCUT2D eigenvalue weighted by Gasteiger charge is 2.13. The van der Waals surface area contributed by atoms with Crippen LogP contribution in [0.1, 0.15) is 32.2 Å². The maximum atomic E-state index is 11.8. The first-order valence-corrected chi connectivity index (χ1v) is 11.7. The number of aliphatic hydroxyl groups excluding tert-OH is 1. The maximum Gasteiger partial charge on any atom is 0.306 e. The van der Waals surface area contributed by atoms with Crippen LogP contribution in [-0.2, 0) is 14.3 Å². The molecule has 3 aromatic carbocycles. The summed E-state index contributed by atoms with van der Waals surface area (Å²) in [5.41, 5.74) is 2.82. The summed E-state index contributed by atoms with van der Waals surface area (Å²) in [4.78, 5) is 36.0. The van der Waals surface area contributed by atoms with Crippen molar-refractivity contribution in [1.29, 1.82) is 1.43 Å². The molecule has 0 aliphatic carbocycles. The van der Waals surface area contributed by atoms with Crippen LogP contribution in [0.5, 0.6) is 0 Å². The molecule has 2 N–H and O–H groups in total. The van der Waals surface area contributed by atoms with E-state index in [1.165, 1.54) is 20.2 Å². The molecule has 0 aromatic heterocycles. The molecule has 196 valence electrons. The molecule has 37 heavy (non-hydrogen) atoms. The lowest BCUT2D eigenvalue weighted by Gasteiger charge is -2.23. The number of carbonyl (C=O) groups is 2. The van der Waals surface area contributed by atoms with Crippen LogP contribution in [0.25, 0.3) is 22.9 Å². The summed E-state index contributed by atoms with van der Waals surface area (Å²) in [6, 6.07) is 18.3. The van der Waals surface area contributed by atoms with E-state index in [0.717, 1.165) is 22.2 Å². The largest absolute Gasteiger partial charge is 0.464 e. The Labute approximate surface area is 219 Å². The third-order valence-corrected chi connectivity index (χ3v) is 5.57. The molecule has 1 amide bonds. The maximum absolute atomic E-state index is 11.8. The molecule has 0 saturated carbocycles. The number of nitro benzene ring substituents is 1. The van der Waals surface area contributed by atoms with E-state index in [9.17, 15) is 19.7 Å². The fourth-order valence-electron chi connectivity index (χ4n) is 3.65. The second-order valence-electron chi connectivity index (χ2n) is 7.78. The molecule has 9 heteroatoms. The number of benzene rings is 3. The number of likely N-dealkylation sites (N-methyl/N-ethyl adjacent to an activating group) is 1. The van der Waals surface area contributed by atoms with E-state index in [1.807, 2.05) is 53.5 Å². The molecular formula is C28H33N3O6. The number of nitrogens with one attached hydrogen (secondary N) is 1. The highest BCUT2D eigenvalue weighted by molar-refractivity contribution is 5.98. The third-order valence-electron chi connectivity index (χ3n) is 5.57. The van der Waals surface area contributed by atoms with Gasteiger partial charge in [-0.15, -0.1) is 0 Å². The van der Waals surface area contributed by atoms with E-state index in [0.29, 0.717) is 18.5 Å². The van der Waals surface area contributed by atoms with Crippen molar-refractivity contribution in [3.63, 3.8) is 0 Å². The van der Waals surface area contributed by atoms with Crippen molar-refractivity contribution in [1.82, 2.24) is 5.32 Å². The zero-order valence-corrected chi connectivity index (χ0v) is 21.0. The van der Waals surface area contributed by atoms with E-state index >= 15 is 0 Å². The van der Waals surface area contributed by atoms with E-state index in [4.69, 9.17) is 7.54 Å². The number of amides is 1. The van der Waals surface area contributed by atoms with Gasteiger partial charge in [-0.3, -0.25) is 19.7 Å². The number of hydrogen-bond acceptors (Lipinski definition) is 7. The second kappa shape index (κ2) is 15.0. The van der Waals surface area contributed by atoms with Gasteiger partial charge in [-0.2, -0.15) is 0 Å². The summed E-state index contributed by atoms with van der Waals surface area (Å²) in [6.45, 7) is 1.29. The molecule has 0 heterocycles. The molecule has 9 nitrogen and oxygen atoms in total. The van der Waals surface area contributed by atoms with Gasteiger partial charge in [0.05, 0.1) is 23.3 Å². The summed E-state index contributed by atoms with van der Waals surface area (Å²) < 4.78 is 18.5. The molecule has 0 aliphatic rings. The predicted molar refractivity (Wildman–Crippen MR) is 146 cm³/mol. The zero-order chi connectivity index (χ0) is 28.6. The number of ether oxygens (including phenoxy) is 1. The van der Waals surface area contributed by atoms with E-state index in [-0.39, 0.29) is 42.9 Å². The third kappa shape index (κ3) is 8.43. The highest BCUT2D eigenvalue weighted by atomic mass is 16.6. The molecule has 0 atom stereocenters. The lowest BCUT2D eigenvalue weighted by Crippen LogP contribution is -2.28. The summed E-state index contributed by atoms with van der Waals surface area (Å²) in [5, 5.41) is 18.7. The normalized spacial score (nSPS) is 11.2. The number of nitro groups is 1. The van der Waals surface area contributed by atoms with Crippen LogP contribution in [0.2, 0.25) is 0 Å². The number of non-ortho nitro benzene ring substituents is 1. The Kier molecular flexibility index (Phi) is 10.5. The minimum Gasteiger partial charge on any atom is -0.464 e. The van der Waals surface area contributed by atoms with Gasteiger partial charge in [0.1, 0.15) is 6.61 Å². The Morgan fingerprint density at radius 2 is 1.84 bits per heavy atom. The topological polar surface area (TPSA) is 122 Å². The van der Waals surface area contributed by atoms with Crippen molar-refractivity contribution in [2.75, 3.05) is 38.8 Å². The number of nitrogens with zero attached hydrogens (tertiary/aromatic N) is 2.